The van der Waals surface area contributed by atoms with Gasteiger partial charge in [-0.3, -0.25) is 19.2 Å². The zero-order valence-corrected chi connectivity index (χ0v) is 28.4. The predicted octanol–water partition coefficient (Wildman–Crippen LogP) is 0.867. The summed E-state index contributed by atoms with van der Waals surface area (Å²) in [6, 6.07) is 3.29. The van der Waals surface area contributed by atoms with Crippen LogP contribution in [0, 0.1) is 5.92 Å². The van der Waals surface area contributed by atoms with Crippen LogP contribution < -0.4 is 25.4 Å². The number of allylic oxidation sites excluding steroid dienone is 1. The lowest BCUT2D eigenvalue weighted by atomic mass is 10.0. The number of nitrogens with one attached hydrogen (secondary N) is 4. The van der Waals surface area contributed by atoms with Crippen LogP contribution in [0.4, 0.5) is 4.79 Å². The summed E-state index contributed by atoms with van der Waals surface area (Å²) in [5.41, 5.74) is -2.47. The fourth-order valence-corrected chi connectivity index (χ4v) is 7.01. The number of aliphatic hydroxyl groups is 1. The molecular formula is C32H45N5O10S. The highest BCUT2D eigenvalue weighted by Gasteiger charge is 2.61. The van der Waals surface area contributed by atoms with E-state index in [0.717, 1.165) is 12.8 Å². The van der Waals surface area contributed by atoms with Crippen molar-refractivity contribution in [3.05, 3.63) is 36.4 Å². The maximum absolute atomic E-state index is 13.8. The summed E-state index contributed by atoms with van der Waals surface area (Å²) in [6.07, 6.45) is 4.76. The quantitative estimate of drug-likeness (QED) is 0.255. The van der Waals surface area contributed by atoms with Gasteiger partial charge in [0.05, 0.1) is 6.10 Å². The molecule has 5 N–H and O–H groups in total. The van der Waals surface area contributed by atoms with Gasteiger partial charge in [0.1, 0.15) is 33.9 Å². The van der Waals surface area contributed by atoms with Gasteiger partial charge in [0.15, 0.2) is 6.61 Å². The van der Waals surface area contributed by atoms with Gasteiger partial charge in [0, 0.05) is 25.9 Å². The number of rotatable bonds is 7. The molecule has 0 radical (unpaired) electrons. The number of benzene rings is 1. The van der Waals surface area contributed by atoms with Crippen LogP contribution in [0.1, 0.15) is 65.7 Å². The number of alkyl carbamates (subject to hydrolysis) is 1. The molecule has 16 heteroatoms. The third-order valence-electron chi connectivity index (χ3n) is 8.36. The van der Waals surface area contributed by atoms with Gasteiger partial charge in [-0.05, 0) is 58.6 Å². The van der Waals surface area contributed by atoms with Gasteiger partial charge in [-0.15, -0.1) is 0 Å². The molecule has 1 saturated carbocycles. The second-order valence-electron chi connectivity index (χ2n) is 13.3. The van der Waals surface area contributed by atoms with E-state index in [1.54, 1.807) is 26.8 Å². The summed E-state index contributed by atoms with van der Waals surface area (Å²) < 4.78 is 39.7. The number of sulfonamides is 1. The van der Waals surface area contributed by atoms with E-state index in [-0.39, 0.29) is 36.5 Å². The highest BCUT2D eigenvalue weighted by molar-refractivity contribution is 7.90. The first-order valence-corrected chi connectivity index (χ1v) is 17.5. The largest absolute Gasteiger partial charge is 0.482 e. The summed E-state index contributed by atoms with van der Waals surface area (Å²) >= 11 is 0. The second-order valence-corrected chi connectivity index (χ2v) is 14.9. The minimum atomic E-state index is -4.54. The average molecular weight is 692 g/mol. The molecule has 2 heterocycles. The molecule has 2 aliphatic heterocycles. The summed E-state index contributed by atoms with van der Waals surface area (Å²) in [5, 5.41) is 18.2. The maximum atomic E-state index is 13.8. The Balaban J connectivity index is 1.59. The molecule has 0 bridgehead atoms. The van der Waals surface area contributed by atoms with Gasteiger partial charge >= 0.3 is 6.09 Å². The molecule has 2 fully saturated rings. The molecular weight excluding hydrogens is 646 g/mol. The summed E-state index contributed by atoms with van der Waals surface area (Å²) in [6.45, 7) is 4.45. The van der Waals surface area contributed by atoms with Crippen molar-refractivity contribution < 1.29 is 47.0 Å². The zero-order valence-electron chi connectivity index (χ0n) is 27.6. The Morgan fingerprint density at radius 3 is 2.56 bits per heavy atom. The molecule has 5 atom stereocenters. The average Bonchev–Trinajstić information content (AvgIpc) is 3.56. The van der Waals surface area contributed by atoms with Crippen LogP contribution in [-0.4, -0.2) is 97.7 Å². The Hall–Kier alpha value is -4.18. The maximum Gasteiger partial charge on any atom is 0.408 e. The van der Waals surface area contributed by atoms with E-state index in [4.69, 9.17) is 9.47 Å². The third-order valence-corrected chi connectivity index (χ3v) is 9.73. The number of amides is 5. The number of carbonyl (C=O) groups excluding carboxylic acids is 5. The Morgan fingerprint density at radius 1 is 1.12 bits per heavy atom. The van der Waals surface area contributed by atoms with Crippen LogP contribution in [0.2, 0.25) is 0 Å². The van der Waals surface area contributed by atoms with Crippen molar-refractivity contribution >= 4 is 39.7 Å². The SMILES string of the molecule is CNC(=O)COc1ccccc1S(=O)(=O)NC(=O)[C@@]12C[C@H]1C=CCCCCC[C@H](NC(=O)OC(C)(C)C)C(=O)N1C[C@H](O)C[C@H]1C(=O)N2. The van der Waals surface area contributed by atoms with Gasteiger partial charge in [0.25, 0.3) is 21.8 Å². The number of para-hydroxylation sites is 1. The van der Waals surface area contributed by atoms with Crippen LogP contribution >= 0.6 is 0 Å². The number of fused-ring (bicyclic) bond motifs is 2. The molecule has 264 valence electrons. The van der Waals surface area contributed by atoms with Crippen molar-refractivity contribution in [2.75, 3.05) is 20.2 Å². The first kappa shape index (κ1) is 36.7. The van der Waals surface area contributed by atoms with Gasteiger partial charge in [-0.1, -0.05) is 37.1 Å². The topological polar surface area (TPSA) is 210 Å². The Morgan fingerprint density at radius 2 is 1.85 bits per heavy atom. The Bertz CT molecular complexity index is 1540. The van der Waals surface area contributed by atoms with E-state index >= 15 is 0 Å². The van der Waals surface area contributed by atoms with Crippen LogP contribution in [0.3, 0.4) is 0 Å². The minimum Gasteiger partial charge on any atom is -0.482 e. The van der Waals surface area contributed by atoms with E-state index in [2.05, 4.69) is 20.7 Å². The Kier molecular flexibility index (Phi) is 11.4. The molecule has 48 heavy (non-hydrogen) atoms. The fourth-order valence-electron chi connectivity index (χ4n) is 5.82. The van der Waals surface area contributed by atoms with Gasteiger partial charge in [-0.2, -0.15) is 0 Å². The number of hydrogen-bond donors (Lipinski definition) is 5. The van der Waals surface area contributed by atoms with Crippen LogP contribution in [0.25, 0.3) is 0 Å². The van der Waals surface area contributed by atoms with Crippen molar-refractivity contribution in [3.8, 4) is 5.75 Å². The number of carbonyl (C=O) groups is 5. The lowest BCUT2D eigenvalue weighted by Crippen LogP contribution is -2.58. The van der Waals surface area contributed by atoms with Gasteiger partial charge < -0.3 is 35.4 Å². The number of hydrogen-bond acceptors (Lipinski definition) is 10. The molecule has 1 aromatic carbocycles. The summed E-state index contributed by atoms with van der Waals surface area (Å²) in [5.74, 6) is -3.50. The highest BCUT2D eigenvalue weighted by atomic mass is 32.2. The molecule has 1 saturated heterocycles. The van der Waals surface area contributed by atoms with Crippen molar-refractivity contribution in [2.24, 2.45) is 5.92 Å². The number of nitrogens with zero attached hydrogens (tertiary/aromatic N) is 1. The first-order valence-electron chi connectivity index (χ1n) is 16.0. The zero-order chi connectivity index (χ0) is 35.3. The molecule has 1 aliphatic carbocycles. The van der Waals surface area contributed by atoms with Crippen molar-refractivity contribution in [1.82, 2.24) is 25.6 Å². The summed E-state index contributed by atoms with van der Waals surface area (Å²) in [7, 11) is -3.14. The lowest BCUT2D eigenvalue weighted by molar-refractivity contribution is -0.141. The molecule has 1 aromatic rings. The minimum absolute atomic E-state index is 0.0947. The highest BCUT2D eigenvalue weighted by Crippen LogP contribution is 2.46. The van der Waals surface area contributed by atoms with E-state index in [9.17, 15) is 37.5 Å². The van der Waals surface area contributed by atoms with Crippen molar-refractivity contribution in [2.45, 2.75) is 99.9 Å². The molecule has 15 nitrogen and oxygen atoms in total. The van der Waals surface area contributed by atoms with E-state index < -0.39 is 81.6 Å². The first-order chi connectivity index (χ1) is 22.6. The molecule has 0 unspecified atom stereocenters. The van der Waals surface area contributed by atoms with Crippen molar-refractivity contribution in [1.29, 1.82) is 0 Å². The molecule has 5 amide bonds. The third kappa shape index (κ3) is 9.04. The second kappa shape index (κ2) is 14.9. The van der Waals surface area contributed by atoms with Gasteiger partial charge in [-0.25, -0.2) is 17.9 Å². The van der Waals surface area contributed by atoms with Crippen LogP contribution in [-0.2, 0) is 33.9 Å². The van der Waals surface area contributed by atoms with E-state index in [0.29, 0.717) is 12.8 Å². The monoisotopic (exact) mass is 691 g/mol. The van der Waals surface area contributed by atoms with Crippen molar-refractivity contribution in [3.63, 3.8) is 0 Å². The Labute approximate surface area is 280 Å². The molecule has 0 spiro atoms. The van der Waals surface area contributed by atoms with E-state index in [1.165, 1.54) is 36.2 Å². The van der Waals surface area contributed by atoms with Crippen LogP contribution in [0.15, 0.2) is 41.3 Å². The van der Waals surface area contributed by atoms with E-state index in [1.807, 2.05) is 6.08 Å². The summed E-state index contributed by atoms with van der Waals surface area (Å²) in [4.78, 5) is 66.6. The lowest BCUT2D eigenvalue weighted by Gasteiger charge is -2.30. The fraction of sp³-hybridized carbons (Fsp3) is 0.594. The van der Waals surface area contributed by atoms with Crippen LogP contribution in [0.5, 0.6) is 5.75 Å². The normalized spacial score (nSPS) is 26.5. The number of ether oxygens (including phenoxy) is 2. The standard InChI is InChI=1S/C32H45N5O10S/c1-31(2,3)47-30(43)34-22-13-9-7-5-6-8-12-20-17-32(20,35-27(40)23-16-21(38)18-37(23)28(22)41)29(42)36-48(44,45)25-15-11-10-14-24(25)46-19-26(39)33-4/h8,10-12,14-15,20-23,38H,5-7,9,13,16-19H2,1-4H3,(H,33,39)(H,34,43)(H,35,40)(H,36,42)/t20-,21-,22+,23+,32-/m1/s1. The smallest absolute Gasteiger partial charge is 0.408 e. The number of aliphatic hydroxyl groups excluding tert-OH is 1. The molecule has 4 rings (SSSR count). The molecule has 3 aliphatic rings. The molecule has 0 aromatic heterocycles. The predicted molar refractivity (Wildman–Crippen MR) is 172 cm³/mol. The van der Waals surface area contributed by atoms with Gasteiger partial charge in [0.2, 0.25) is 11.8 Å². The number of likely N-dealkylation sites (N-methyl/N-ethyl adjacent to an activating group) is 1.